The number of para-hydroxylation sites is 1. The average Bonchev–Trinajstić information content (AvgIpc) is 3.13. The van der Waals surface area contributed by atoms with Crippen LogP contribution in [0.5, 0.6) is 0 Å². The fourth-order valence-electron chi connectivity index (χ4n) is 3.74. The first-order valence-electron chi connectivity index (χ1n) is 9.15. The summed E-state index contributed by atoms with van der Waals surface area (Å²) in [6.07, 6.45) is 2.20. The van der Waals surface area contributed by atoms with E-state index in [0.717, 1.165) is 34.4 Å². The van der Waals surface area contributed by atoms with Gasteiger partial charge in [-0.05, 0) is 18.6 Å². The van der Waals surface area contributed by atoms with Crippen molar-refractivity contribution in [2.24, 2.45) is 0 Å². The van der Waals surface area contributed by atoms with E-state index in [1.165, 1.54) is 16.6 Å². The molecule has 0 atom stereocenters. The molecule has 27 heavy (non-hydrogen) atoms. The lowest BCUT2D eigenvalue weighted by Gasteiger charge is -2.15. The third kappa shape index (κ3) is 2.77. The second-order valence-corrected chi connectivity index (χ2v) is 6.94. The van der Waals surface area contributed by atoms with Crippen LogP contribution in [0.3, 0.4) is 0 Å². The zero-order chi connectivity index (χ0) is 18.2. The molecule has 0 saturated carbocycles. The molecule has 2 aliphatic heterocycles. The summed E-state index contributed by atoms with van der Waals surface area (Å²) in [5.41, 5.74) is 7.83. The molecule has 2 heterocycles. The monoisotopic (exact) mass is 349 g/mol. The van der Waals surface area contributed by atoms with E-state index in [-0.39, 0.29) is 0 Å². The van der Waals surface area contributed by atoms with Crippen LogP contribution in [-0.4, -0.2) is 14.8 Å². The zero-order valence-electron chi connectivity index (χ0n) is 15.1. The average molecular weight is 349 g/mol. The van der Waals surface area contributed by atoms with Gasteiger partial charge in [-0.15, -0.1) is 10.2 Å². The fraction of sp³-hybridized carbons (Fsp3) is 0.0833. The van der Waals surface area contributed by atoms with Crippen LogP contribution in [0.4, 0.5) is 0 Å². The standard InChI is InChI=1S/C24H19N3/c1-17-8-7-9-18(14-17)15-27-16-21-23(19-10-3-2-4-11-19)25-26-24(21)20-12-5-6-13-22(20)27/h2-14,16H,15H2,1H3. The molecule has 0 saturated heterocycles. The van der Waals surface area contributed by atoms with E-state index in [4.69, 9.17) is 0 Å². The summed E-state index contributed by atoms with van der Waals surface area (Å²) in [4.78, 5) is 0. The van der Waals surface area contributed by atoms with Gasteiger partial charge in [0.05, 0.1) is 5.52 Å². The van der Waals surface area contributed by atoms with Gasteiger partial charge < -0.3 is 4.57 Å². The van der Waals surface area contributed by atoms with Crippen LogP contribution in [0.15, 0.2) is 85.1 Å². The maximum absolute atomic E-state index is 4.52. The quantitative estimate of drug-likeness (QED) is 0.427. The highest BCUT2D eigenvalue weighted by molar-refractivity contribution is 5.97. The summed E-state index contributed by atoms with van der Waals surface area (Å²) < 4.78 is 2.31. The first-order chi connectivity index (χ1) is 13.3. The molecule has 130 valence electrons. The Morgan fingerprint density at radius 1 is 0.778 bits per heavy atom. The minimum atomic E-state index is 0.817. The van der Waals surface area contributed by atoms with Crippen LogP contribution in [0.2, 0.25) is 0 Å². The summed E-state index contributed by atoms with van der Waals surface area (Å²) >= 11 is 0. The van der Waals surface area contributed by atoms with Crippen LogP contribution in [0.1, 0.15) is 11.1 Å². The normalized spacial score (nSPS) is 11.3. The molecule has 2 aliphatic rings. The molecule has 0 aliphatic carbocycles. The van der Waals surface area contributed by atoms with Gasteiger partial charge in [-0.3, -0.25) is 0 Å². The second-order valence-electron chi connectivity index (χ2n) is 6.94. The largest absolute Gasteiger partial charge is 0.342 e. The molecular weight excluding hydrogens is 330 g/mol. The number of aromatic nitrogens is 3. The Kier molecular flexibility index (Phi) is 3.72. The Hall–Kier alpha value is -3.46. The highest BCUT2D eigenvalue weighted by atomic mass is 15.1. The van der Waals surface area contributed by atoms with E-state index >= 15 is 0 Å². The predicted octanol–water partition coefficient (Wildman–Crippen LogP) is 5.56. The van der Waals surface area contributed by atoms with Crippen molar-refractivity contribution in [3.8, 4) is 22.5 Å². The van der Waals surface area contributed by atoms with Crippen molar-refractivity contribution in [2.45, 2.75) is 13.5 Å². The van der Waals surface area contributed by atoms with Gasteiger partial charge in [-0.25, -0.2) is 0 Å². The Bertz CT molecular complexity index is 1200. The van der Waals surface area contributed by atoms with Crippen LogP contribution in [-0.2, 0) is 6.54 Å². The van der Waals surface area contributed by atoms with Gasteiger partial charge >= 0.3 is 0 Å². The molecule has 0 N–H and O–H groups in total. The van der Waals surface area contributed by atoms with E-state index in [9.17, 15) is 0 Å². The molecule has 3 aromatic carbocycles. The third-order valence-electron chi connectivity index (χ3n) is 5.00. The van der Waals surface area contributed by atoms with Gasteiger partial charge in [0.15, 0.2) is 0 Å². The van der Waals surface area contributed by atoms with E-state index in [1.807, 2.05) is 18.2 Å². The molecule has 3 aromatic rings. The molecule has 3 nitrogen and oxygen atoms in total. The maximum Gasteiger partial charge on any atom is 0.106 e. The van der Waals surface area contributed by atoms with Crippen LogP contribution < -0.4 is 0 Å². The molecule has 0 amide bonds. The summed E-state index contributed by atoms with van der Waals surface area (Å²) in [5.74, 6) is 0. The lowest BCUT2D eigenvalue weighted by atomic mass is 10.0. The molecule has 0 radical (unpaired) electrons. The Morgan fingerprint density at radius 3 is 2.41 bits per heavy atom. The maximum atomic E-state index is 4.52. The van der Waals surface area contributed by atoms with Crippen molar-refractivity contribution in [1.29, 1.82) is 0 Å². The van der Waals surface area contributed by atoms with E-state index in [0.29, 0.717) is 0 Å². The van der Waals surface area contributed by atoms with Crippen molar-refractivity contribution in [3.05, 3.63) is 96.2 Å². The van der Waals surface area contributed by atoms with Gasteiger partial charge in [0, 0.05) is 29.3 Å². The highest BCUT2D eigenvalue weighted by Gasteiger charge is 2.19. The second kappa shape index (κ2) is 6.36. The number of aryl methyl sites for hydroxylation is 1. The molecule has 0 bridgehead atoms. The summed E-state index contributed by atoms with van der Waals surface area (Å²) in [7, 11) is 0. The Balaban J connectivity index is 1.74. The molecule has 0 unspecified atom stereocenters. The van der Waals surface area contributed by atoms with Crippen molar-refractivity contribution in [2.75, 3.05) is 0 Å². The first kappa shape index (κ1) is 15.8. The number of hydrogen-bond donors (Lipinski definition) is 0. The van der Waals surface area contributed by atoms with Gasteiger partial charge in [-0.2, -0.15) is 0 Å². The minimum Gasteiger partial charge on any atom is -0.342 e. The zero-order valence-corrected chi connectivity index (χ0v) is 15.1. The fourth-order valence-corrected chi connectivity index (χ4v) is 3.74. The van der Waals surface area contributed by atoms with E-state index in [1.54, 1.807) is 0 Å². The Labute approximate surface area is 158 Å². The number of nitrogens with zero attached hydrogens (tertiary/aromatic N) is 3. The Morgan fingerprint density at radius 2 is 1.56 bits per heavy atom. The van der Waals surface area contributed by atoms with E-state index in [2.05, 4.69) is 88.5 Å². The van der Waals surface area contributed by atoms with Gasteiger partial charge in [0.2, 0.25) is 0 Å². The SMILES string of the molecule is Cc1cccc(Cn2cc3c(-c4ccccc4)nnc-3c3ccccc32)c1. The summed E-state index contributed by atoms with van der Waals surface area (Å²) in [6, 6.07) is 27.4. The van der Waals surface area contributed by atoms with Crippen molar-refractivity contribution >= 4 is 10.9 Å². The number of fused-ring (bicyclic) bond motifs is 3. The first-order valence-corrected chi connectivity index (χ1v) is 9.15. The van der Waals surface area contributed by atoms with Gasteiger partial charge in [0.25, 0.3) is 0 Å². The smallest absolute Gasteiger partial charge is 0.106 e. The highest BCUT2D eigenvalue weighted by Crippen LogP contribution is 2.36. The van der Waals surface area contributed by atoms with Crippen molar-refractivity contribution < 1.29 is 0 Å². The summed E-state index contributed by atoms with van der Waals surface area (Å²) in [6.45, 7) is 2.95. The molecule has 0 spiro atoms. The van der Waals surface area contributed by atoms with Gasteiger partial charge in [0.1, 0.15) is 11.4 Å². The van der Waals surface area contributed by atoms with Gasteiger partial charge in [-0.1, -0.05) is 78.4 Å². The molecule has 0 fully saturated rings. The number of hydrogen-bond acceptors (Lipinski definition) is 2. The van der Waals surface area contributed by atoms with Crippen LogP contribution >= 0.6 is 0 Å². The third-order valence-corrected chi connectivity index (χ3v) is 5.00. The van der Waals surface area contributed by atoms with Crippen molar-refractivity contribution in [1.82, 2.24) is 14.8 Å². The lowest BCUT2D eigenvalue weighted by Crippen LogP contribution is -2.04. The number of rotatable bonds is 3. The molecule has 0 aromatic heterocycles. The minimum absolute atomic E-state index is 0.817. The lowest BCUT2D eigenvalue weighted by molar-refractivity contribution is 0.827. The van der Waals surface area contributed by atoms with Crippen molar-refractivity contribution in [3.63, 3.8) is 0 Å². The number of pyridine rings is 1. The molecular formula is C24H19N3. The predicted molar refractivity (Wildman–Crippen MR) is 110 cm³/mol. The van der Waals surface area contributed by atoms with E-state index < -0.39 is 0 Å². The van der Waals surface area contributed by atoms with Crippen LogP contribution in [0.25, 0.3) is 33.4 Å². The topological polar surface area (TPSA) is 30.7 Å². The molecule has 3 heteroatoms. The number of benzene rings is 3. The summed E-state index contributed by atoms with van der Waals surface area (Å²) in [5, 5.41) is 10.2. The van der Waals surface area contributed by atoms with Crippen LogP contribution in [0, 0.1) is 6.92 Å². The molecule has 5 rings (SSSR count).